The maximum Gasteiger partial charge on any atom is 0.262 e. The zero-order valence-corrected chi connectivity index (χ0v) is 11.7. The molecule has 0 saturated carbocycles. The smallest absolute Gasteiger partial charge is 0.262 e. The van der Waals surface area contributed by atoms with E-state index in [1.165, 1.54) is 0 Å². The number of nitrogens with one attached hydrogen (secondary N) is 1. The summed E-state index contributed by atoms with van der Waals surface area (Å²) in [5.74, 6) is -0.00514. The molecule has 0 unspecified atom stereocenters. The van der Waals surface area contributed by atoms with Gasteiger partial charge in [-0.25, -0.2) is 4.98 Å². The normalized spacial score (nSPS) is 10.8. The summed E-state index contributed by atoms with van der Waals surface area (Å²) in [5, 5.41) is 10.1. The average Bonchev–Trinajstić information content (AvgIpc) is 2.84. The highest BCUT2D eigenvalue weighted by molar-refractivity contribution is 5.69. The maximum atomic E-state index is 12.3. The van der Waals surface area contributed by atoms with E-state index in [9.17, 15) is 9.90 Å². The van der Waals surface area contributed by atoms with Gasteiger partial charge in [0.25, 0.3) is 5.56 Å². The van der Waals surface area contributed by atoms with Crippen LogP contribution >= 0.6 is 0 Å². The molecule has 0 saturated heterocycles. The summed E-state index contributed by atoms with van der Waals surface area (Å²) in [4.78, 5) is 23.0. The Hall–Kier alpha value is -2.89. The minimum atomic E-state index is -0.385. The van der Waals surface area contributed by atoms with E-state index in [1.54, 1.807) is 30.2 Å². The average molecular weight is 282 g/mol. The number of hydrogen-bond donors (Lipinski definition) is 2. The highest BCUT2D eigenvalue weighted by Crippen LogP contribution is 2.25. The molecule has 0 aliphatic rings. The zero-order valence-electron chi connectivity index (χ0n) is 11.7. The van der Waals surface area contributed by atoms with Gasteiger partial charge in [0.05, 0.1) is 12.5 Å². The van der Waals surface area contributed by atoms with Crippen molar-refractivity contribution in [2.24, 2.45) is 7.05 Å². The number of aromatic amines is 1. The molecule has 0 radical (unpaired) electrons. The summed E-state index contributed by atoms with van der Waals surface area (Å²) >= 11 is 0. The summed E-state index contributed by atoms with van der Waals surface area (Å²) in [6.45, 7) is 1.92. The molecule has 6 nitrogen and oxygen atoms in total. The lowest BCUT2D eigenvalue weighted by molar-refractivity contribution is 0.454. The summed E-state index contributed by atoms with van der Waals surface area (Å²) in [6, 6.07) is 7.35. The number of aromatic hydroxyl groups is 1. The molecule has 3 aromatic rings. The van der Waals surface area contributed by atoms with Gasteiger partial charge in [-0.3, -0.25) is 4.79 Å². The van der Waals surface area contributed by atoms with Crippen molar-refractivity contribution in [2.75, 3.05) is 0 Å². The van der Waals surface area contributed by atoms with Crippen molar-refractivity contribution in [1.29, 1.82) is 0 Å². The van der Waals surface area contributed by atoms with Crippen LogP contribution in [0.5, 0.6) is 5.88 Å². The third-order valence-corrected chi connectivity index (χ3v) is 3.27. The maximum absolute atomic E-state index is 12.3. The van der Waals surface area contributed by atoms with Crippen LogP contribution in [0.4, 0.5) is 0 Å². The first kappa shape index (κ1) is 13.1. The second-order valence-corrected chi connectivity index (χ2v) is 4.87. The van der Waals surface area contributed by atoms with Gasteiger partial charge in [0.15, 0.2) is 5.82 Å². The van der Waals surface area contributed by atoms with Gasteiger partial charge in [-0.05, 0) is 12.5 Å². The first-order chi connectivity index (χ1) is 10.1. The van der Waals surface area contributed by atoms with Crippen LogP contribution in [0.1, 0.15) is 5.56 Å². The van der Waals surface area contributed by atoms with Gasteiger partial charge in [-0.2, -0.15) is 4.98 Å². The van der Waals surface area contributed by atoms with E-state index in [0.717, 1.165) is 5.56 Å². The monoisotopic (exact) mass is 282 g/mol. The fourth-order valence-corrected chi connectivity index (χ4v) is 2.23. The van der Waals surface area contributed by atoms with Crippen molar-refractivity contribution in [3.63, 3.8) is 0 Å². The number of benzene rings is 1. The standard InChI is InChI=1S/C15H14N4O2/c1-9-4-3-5-10(6-9)12-14(20)17-13(18-15(12)21)11-7-16-8-19(11)2/h3-8H,1-2H3,(H2,17,18,20,21). The molecule has 21 heavy (non-hydrogen) atoms. The van der Waals surface area contributed by atoms with Gasteiger partial charge in [0, 0.05) is 7.05 Å². The summed E-state index contributed by atoms with van der Waals surface area (Å²) < 4.78 is 1.71. The van der Waals surface area contributed by atoms with Crippen LogP contribution in [0.15, 0.2) is 41.6 Å². The molecule has 0 spiro atoms. The molecule has 0 atom stereocenters. The van der Waals surface area contributed by atoms with Crippen LogP contribution in [0.3, 0.4) is 0 Å². The van der Waals surface area contributed by atoms with Crippen LogP contribution < -0.4 is 5.56 Å². The third-order valence-electron chi connectivity index (χ3n) is 3.27. The fourth-order valence-electron chi connectivity index (χ4n) is 2.23. The molecular formula is C15H14N4O2. The number of hydrogen-bond acceptors (Lipinski definition) is 4. The first-order valence-corrected chi connectivity index (χ1v) is 6.43. The number of H-pyrrole nitrogens is 1. The van der Waals surface area contributed by atoms with Crippen molar-refractivity contribution in [1.82, 2.24) is 19.5 Å². The molecule has 2 N–H and O–H groups in total. The minimum Gasteiger partial charge on any atom is -0.493 e. The van der Waals surface area contributed by atoms with Crippen molar-refractivity contribution in [3.8, 4) is 28.5 Å². The van der Waals surface area contributed by atoms with Gasteiger partial charge >= 0.3 is 0 Å². The van der Waals surface area contributed by atoms with Crippen LogP contribution in [0.25, 0.3) is 22.6 Å². The van der Waals surface area contributed by atoms with E-state index in [2.05, 4.69) is 15.0 Å². The zero-order chi connectivity index (χ0) is 15.0. The molecule has 106 valence electrons. The van der Waals surface area contributed by atoms with Gasteiger partial charge in [0.1, 0.15) is 11.3 Å². The molecule has 0 amide bonds. The topological polar surface area (TPSA) is 83.8 Å². The van der Waals surface area contributed by atoms with Gasteiger partial charge in [0.2, 0.25) is 5.88 Å². The summed E-state index contributed by atoms with van der Waals surface area (Å²) in [7, 11) is 1.79. The number of imidazole rings is 1. The summed E-state index contributed by atoms with van der Waals surface area (Å²) in [5.41, 5.74) is 2.05. The van der Waals surface area contributed by atoms with Crippen LogP contribution in [-0.2, 0) is 7.05 Å². The number of aromatic nitrogens is 4. The number of aryl methyl sites for hydroxylation is 2. The Morgan fingerprint density at radius 3 is 2.76 bits per heavy atom. The third kappa shape index (κ3) is 2.31. The predicted octanol–water partition coefficient (Wildman–Crippen LogP) is 1.85. The second kappa shape index (κ2) is 4.90. The second-order valence-electron chi connectivity index (χ2n) is 4.87. The van der Waals surface area contributed by atoms with Gasteiger partial charge in [-0.15, -0.1) is 0 Å². The Labute approximate surface area is 120 Å². The molecule has 1 aromatic carbocycles. The van der Waals surface area contributed by atoms with E-state index in [4.69, 9.17) is 0 Å². The van der Waals surface area contributed by atoms with E-state index in [-0.39, 0.29) is 22.8 Å². The van der Waals surface area contributed by atoms with Gasteiger partial charge < -0.3 is 14.7 Å². The van der Waals surface area contributed by atoms with E-state index in [1.807, 2.05) is 25.1 Å². The van der Waals surface area contributed by atoms with Crippen molar-refractivity contribution < 1.29 is 5.11 Å². The van der Waals surface area contributed by atoms with E-state index in [0.29, 0.717) is 11.3 Å². The van der Waals surface area contributed by atoms with Crippen LogP contribution in [0, 0.1) is 6.92 Å². The molecule has 0 aliphatic heterocycles. The van der Waals surface area contributed by atoms with Crippen LogP contribution in [0.2, 0.25) is 0 Å². The Bertz CT molecular complexity index is 864. The molecule has 3 rings (SSSR count). The summed E-state index contributed by atoms with van der Waals surface area (Å²) in [6.07, 6.45) is 3.17. The minimum absolute atomic E-state index is 0.171. The Morgan fingerprint density at radius 1 is 1.33 bits per heavy atom. The van der Waals surface area contributed by atoms with Gasteiger partial charge in [-0.1, -0.05) is 29.8 Å². The molecule has 0 fully saturated rings. The molecule has 0 bridgehead atoms. The predicted molar refractivity (Wildman–Crippen MR) is 78.9 cm³/mol. The lowest BCUT2D eigenvalue weighted by Crippen LogP contribution is -2.13. The lowest BCUT2D eigenvalue weighted by atomic mass is 10.1. The van der Waals surface area contributed by atoms with Crippen molar-refractivity contribution >= 4 is 0 Å². The van der Waals surface area contributed by atoms with E-state index >= 15 is 0 Å². The van der Waals surface area contributed by atoms with Crippen LogP contribution in [-0.4, -0.2) is 24.6 Å². The number of rotatable bonds is 2. The highest BCUT2D eigenvalue weighted by Gasteiger charge is 2.15. The van der Waals surface area contributed by atoms with Crippen molar-refractivity contribution in [2.45, 2.75) is 6.92 Å². The molecule has 6 heteroatoms. The lowest BCUT2D eigenvalue weighted by Gasteiger charge is -2.07. The largest absolute Gasteiger partial charge is 0.493 e. The quantitative estimate of drug-likeness (QED) is 0.751. The fraction of sp³-hybridized carbons (Fsp3) is 0.133. The SMILES string of the molecule is Cc1cccc(-c2c(O)nc(-c3cncn3C)[nH]c2=O)c1. The molecule has 2 heterocycles. The van der Waals surface area contributed by atoms with E-state index < -0.39 is 0 Å². The van der Waals surface area contributed by atoms with Crippen molar-refractivity contribution in [3.05, 3.63) is 52.7 Å². The Kier molecular flexibility index (Phi) is 3.06. The molecule has 2 aromatic heterocycles. The molecular weight excluding hydrogens is 268 g/mol. The highest BCUT2D eigenvalue weighted by atomic mass is 16.3. The molecule has 0 aliphatic carbocycles. The Morgan fingerprint density at radius 2 is 2.14 bits per heavy atom. The number of nitrogens with zero attached hydrogens (tertiary/aromatic N) is 3. The first-order valence-electron chi connectivity index (χ1n) is 6.43. The Balaban J connectivity index is 2.18.